The number of anilines is 1. The van der Waals surface area contributed by atoms with E-state index in [9.17, 15) is 4.39 Å². The molecule has 0 amide bonds. The van der Waals surface area contributed by atoms with Crippen molar-refractivity contribution in [1.82, 2.24) is 20.2 Å². The fraction of sp³-hybridized carbons (Fsp3) is 0.421. The van der Waals surface area contributed by atoms with Crippen molar-refractivity contribution in [2.24, 2.45) is 4.99 Å². The third-order valence-electron chi connectivity index (χ3n) is 4.38. The van der Waals surface area contributed by atoms with Gasteiger partial charge in [-0.25, -0.2) is 19.4 Å². The molecule has 0 spiro atoms. The highest BCUT2D eigenvalue weighted by atomic mass is 19.1. The van der Waals surface area contributed by atoms with Crippen molar-refractivity contribution in [3.05, 3.63) is 48.0 Å². The summed E-state index contributed by atoms with van der Waals surface area (Å²) in [5.41, 5.74) is 0.806. The molecule has 144 valence electrons. The van der Waals surface area contributed by atoms with Gasteiger partial charge in [-0.2, -0.15) is 0 Å². The Kier molecular flexibility index (Phi) is 6.40. The summed E-state index contributed by atoms with van der Waals surface area (Å²) in [4.78, 5) is 17.7. The van der Waals surface area contributed by atoms with Crippen LogP contribution in [0, 0.1) is 5.82 Å². The number of nitrogens with zero attached hydrogens (tertiary/aromatic N) is 5. The van der Waals surface area contributed by atoms with Gasteiger partial charge in [0.05, 0.1) is 13.7 Å². The van der Waals surface area contributed by atoms with Crippen molar-refractivity contribution >= 4 is 11.9 Å². The monoisotopic (exact) mass is 372 g/mol. The second kappa shape index (κ2) is 9.16. The first kappa shape index (κ1) is 18.9. The van der Waals surface area contributed by atoms with Gasteiger partial charge in [-0.3, -0.25) is 0 Å². The molecule has 27 heavy (non-hydrogen) atoms. The summed E-state index contributed by atoms with van der Waals surface area (Å²) < 4.78 is 18.8. The van der Waals surface area contributed by atoms with E-state index in [0.29, 0.717) is 6.54 Å². The highest BCUT2D eigenvalue weighted by molar-refractivity contribution is 5.80. The van der Waals surface area contributed by atoms with Gasteiger partial charge in [-0.05, 0) is 30.7 Å². The molecule has 2 aromatic rings. The van der Waals surface area contributed by atoms with Crippen molar-refractivity contribution in [3.63, 3.8) is 0 Å². The van der Waals surface area contributed by atoms with Gasteiger partial charge in [-0.15, -0.1) is 0 Å². The van der Waals surface area contributed by atoms with Gasteiger partial charge in [-0.1, -0.05) is 6.07 Å². The summed E-state index contributed by atoms with van der Waals surface area (Å²) >= 11 is 0. The second-order valence-electron chi connectivity index (χ2n) is 6.16. The highest BCUT2D eigenvalue weighted by Gasteiger charge is 2.21. The molecular formula is C19H25FN6O. The van der Waals surface area contributed by atoms with Gasteiger partial charge in [0.1, 0.15) is 0 Å². The lowest BCUT2D eigenvalue weighted by atomic mass is 10.2. The van der Waals surface area contributed by atoms with Crippen molar-refractivity contribution in [2.45, 2.75) is 13.5 Å². The lowest BCUT2D eigenvalue weighted by Crippen LogP contribution is -2.52. The first-order chi connectivity index (χ1) is 13.2. The van der Waals surface area contributed by atoms with Gasteiger partial charge in [0, 0.05) is 45.1 Å². The molecule has 0 aliphatic carbocycles. The molecule has 7 nitrogen and oxygen atoms in total. The highest BCUT2D eigenvalue weighted by Crippen LogP contribution is 2.18. The molecule has 1 aromatic heterocycles. The molecule has 1 N–H and O–H groups in total. The summed E-state index contributed by atoms with van der Waals surface area (Å²) in [6.45, 7) is 6.51. The number of piperazine rings is 1. The third-order valence-corrected chi connectivity index (χ3v) is 4.38. The molecule has 2 heterocycles. The van der Waals surface area contributed by atoms with Gasteiger partial charge >= 0.3 is 0 Å². The molecule has 1 saturated heterocycles. The van der Waals surface area contributed by atoms with Gasteiger partial charge in [0.25, 0.3) is 0 Å². The minimum Gasteiger partial charge on any atom is -0.494 e. The SMILES string of the molecule is CCNC(=NCc1ccc(OC)c(F)c1)N1CCN(c2ncccn2)CC1. The number of hydrogen-bond donors (Lipinski definition) is 1. The average Bonchev–Trinajstić information content (AvgIpc) is 2.72. The van der Waals surface area contributed by atoms with Gasteiger partial charge in [0.15, 0.2) is 17.5 Å². The van der Waals surface area contributed by atoms with E-state index in [4.69, 9.17) is 4.74 Å². The number of benzene rings is 1. The Morgan fingerprint density at radius 3 is 2.59 bits per heavy atom. The minimum atomic E-state index is -0.369. The van der Waals surface area contributed by atoms with Crippen LogP contribution in [0.4, 0.5) is 10.3 Å². The number of hydrogen-bond acceptors (Lipinski definition) is 5. The predicted molar refractivity (Wildman–Crippen MR) is 104 cm³/mol. The van der Waals surface area contributed by atoms with E-state index in [1.54, 1.807) is 18.5 Å². The normalized spacial score (nSPS) is 15.0. The van der Waals surface area contributed by atoms with Crippen LogP contribution < -0.4 is 15.0 Å². The standard InChI is InChI=1S/C19H25FN6O/c1-3-21-18(24-14-15-5-6-17(27-2)16(20)13-15)25-9-11-26(12-10-25)19-22-7-4-8-23-19/h4-8,13H,3,9-12,14H2,1-2H3,(H,21,24). The largest absolute Gasteiger partial charge is 0.494 e. The van der Waals surface area contributed by atoms with Crippen LogP contribution in [0.5, 0.6) is 5.75 Å². The Morgan fingerprint density at radius 1 is 1.22 bits per heavy atom. The van der Waals surface area contributed by atoms with Crippen molar-refractivity contribution in [3.8, 4) is 5.75 Å². The number of aromatic nitrogens is 2. The van der Waals surface area contributed by atoms with Crippen molar-refractivity contribution in [2.75, 3.05) is 44.7 Å². The summed E-state index contributed by atoms with van der Waals surface area (Å²) in [5, 5.41) is 3.32. The number of aliphatic imine (C=N–C) groups is 1. The zero-order chi connectivity index (χ0) is 19.1. The quantitative estimate of drug-likeness (QED) is 0.639. The number of nitrogens with one attached hydrogen (secondary N) is 1. The molecule has 0 radical (unpaired) electrons. The second-order valence-corrected chi connectivity index (χ2v) is 6.16. The van der Waals surface area contributed by atoms with Gasteiger partial charge < -0.3 is 19.9 Å². The Labute approximate surface area is 158 Å². The predicted octanol–water partition coefficient (Wildman–Crippen LogP) is 1.91. The Bertz CT molecular complexity index is 762. The number of rotatable bonds is 5. The van der Waals surface area contributed by atoms with Gasteiger partial charge in [0.2, 0.25) is 5.95 Å². The van der Waals surface area contributed by atoms with Crippen LogP contribution in [0.15, 0.2) is 41.7 Å². The topological polar surface area (TPSA) is 65.9 Å². The number of halogens is 1. The van der Waals surface area contributed by atoms with E-state index in [0.717, 1.165) is 50.2 Å². The number of ether oxygens (including phenoxy) is 1. The van der Waals surface area contributed by atoms with E-state index in [1.165, 1.54) is 13.2 Å². The molecule has 1 aromatic carbocycles. The summed E-state index contributed by atoms with van der Waals surface area (Å²) in [6.07, 6.45) is 3.52. The van der Waals surface area contributed by atoms with Crippen molar-refractivity contribution < 1.29 is 9.13 Å². The molecule has 3 rings (SSSR count). The van der Waals surface area contributed by atoms with E-state index >= 15 is 0 Å². The molecule has 0 atom stereocenters. The zero-order valence-electron chi connectivity index (χ0n) is 15.7. The molecule has 0 unspecified atom stereocenters. The van der Waals surface area contributed by atoms with E-state index < -0.39 is 0 Å². The number of guanidine groups is 1. The van der Waals surface area contributed by atoms with Crippen LogP contribution in [-0.4, -0.2) is 60.7 Å². The Hall–Kier alpha value is -2.90. The van der Waals surface area contributed by atoms with E-state index in [-0.39, 0.29) is 11.6 Å². The first-order valence-electron chi connectivity index (χ1n) is 9.09. The molecule has 1 fully saturated rings. The third kappa shape index (κ3) is 4.84. The summed E-state index contributed by atoms with van der Waals surface area (Å²) in [6, 6.07) is 6.75. The maximum absolute atomic E-state index is 13.9. The van der Waals surface area contributed by atoms with E-state index in [2.05, 4.69) is 30.1 Å². The zero-order valence-corrected chi connectivity index (χ0v) is 15.7. The Balaban J connectivity index is 1.63. The van der Waals surface area contributed by atoms with E-state index in [1.807, 2.05) is 19.1 Å². The average molecular weight is 372 g/mol. The molecule has 1 aliphatic heterocycles. The molecule has 8 heteroatoms. The molecular weight excluding hydrogens is 347 g/mol. The summed E-state index contributed by atoms with van der Waals surface area (Å²) in [5.74, 6) is 1.47. The maximum atomic E-state index is 13.9. The van der Waals surface area contributed by atoms with Crippen LogP contribution in [0.3, 0.4) is 0 Å². The molecule has 1 aliphatic rings. The number of methoxy groups -OCH3 is 1. The van der Waals surface area contributed by atoms with Crippen molar-refractivity contribution in [1.29, 1.82) is 0 Å². The first-order valence-corrected chi connectivity index (χ1v) is 9.09. The minimum absolute atomic E-state index is 0.244. The van der Waals surface area contributed by atoms with Crippen LogP contribution in [-0.2, 0) is 6.54 Å². The Morgan fingerprint density at radius 2 is 1.96 bits per heavy atom. The fourth-order valence-electron chi connectivity index (χ4n) is 2.97. The van der Waals surface area contributed by atoms with Crippen LogP contribution >= 0.6 is 0 Å². The molecule has 0 saturated carbocycles. The lowest BCUT2D eigenvalue weighted by molar-refractivity contribution is 0.370. The fourth-order valence-corrected chi connectivity index (χ4v) is 2.97. The van der Waals surface area contributed by atoms with Crippen LogP contribution in [0.1, 0.15) is 12.5 Å². The maximum Gasteiger partial charge on any atom is 0.225 e. The smallest absolute Gasteiger partial charge is 0.225 e. The summed E-state index contributed by atoms with van der Waals surface area (Å²) in [7, 11) is 1.46. The van der Waals surface area contributed by atoms with Crippen LogP contribution in [0.2, 0.25) is 0 Å². The lowest BCUT2D eigenvalue weighted by Gasteiger charge is -2.36. The molecule has 0 bridgehead atoms. The van der Waals surface area contributed by atoms with Crippen LogP contribution in [0.25, 0.3) is 0 Å².